The summed E-state index contributed by atoms with van der Waals surface area (Å²) in [6.07, 6.45) is 6.09. The van der Waals surface area contributed by atoms with Crippen LogP contribution in [0.1, 0.15) is 31.7 Å². The number of benzene rings is 1. The zero-order valence-electron chi connectivity index (χ0n) is 10.8. The molecule has 1 aliphatic carbocycles. The van der Waals surface area contributed by atoms with Crippen molar-refractivity contribution in [1.82, 2.24) is 9.88 Å². The molecule has 0 atom stereocenters. The number of aryl methyl sites for hydroxylation is 1. The molecule has 0 spiro atoms. The van der Waals surface area contributed by atoms with Crippen molar-refractivity contribution >= 4 is 10.9 Å². The molecule has 1 aliphatic rings. The van der Waals surface area contributed by atoms with Gasteiger partial charge in [-0.25, -0.2) is 0 Å². The second kappa shape index (κ2) is 4.65. The van der Waals surface area contributed by atoms with Gasteiger partial charge in [-0.2, -0.15) is 0 Å². The summed E-state index contributed by atoms with van der Waals surface area (Å²) < 4.78 is 2.20. The first-order chi connectivity index (χ1) is 8.79. The highest BCUT2D eigenvalue weighted by Crippen LogP contribution is 2.30. The van der Waals surface area contributed by atoms with E-state index in [4.69, 9.17) is 0 Å². The van der Waals surface area contributed by atoms with Gasteiger partial charge in [0.25, 0.3) is 0 Å². The third-order valence-corrected chi connectivity index (χ3v) is 3.99. The summed E-state index contributed by atoms with van der Waals surface area (Å²) in [4.78, 5) is 0. The molecule has 0 radical (unpaired) electrons. The number of rotatable bonds is 4. The number of nitrogens with zero attached hydrogens (tertiary/aromatic N) is 1. The number of nitrogens with one attached hydrogen (secondary N) is 1. The van der Waals surface area contributed by atoms with Gasteiger partial charge in [-0.1, -0.05) is 12.5 Å². The van der Waals surface area contributed by atoms with E-state index in [1.807, 2.05) is 6.07 Å². The van der Waals surface area contributed by atoms with Gasteiger partial charge in [0.2, 0.25) is 0 Å². The van der Waals surface area contributed by atoms with Gasteiger partial charge in [0.15, 0.2) is 0 Å². The molecule has 96 valence electrons. The monoisotopic (exact) mass is 244 g/mol. The standard InChI is InChI=1S/C15H20N2O/c1-2-17-10-11(9-16-12-5-3-6-12)15-13(17)7-4-8-14(15)18/h4,7-8,10,12,16,18H,2-3,5-6,9H2,1H3. The zero-order chi connectivity index (χ0) is 12.5. The van der Waals surface area contributed by atoms with Crippen molar-refractivity contribution in [2.24, 2.45) is 0 Å². The van der Waals surface area contributed by atoms with Crippen molar-refractivity contribution in [3.63, 3.8) is 0 Å². The minimum Gasteiger partial charge on any atom is -0.507 e. The maximum Gasteiger partial charge on any atom is 0.125 e. The highest BCUT2D eigenvalue weighted by molar-refractivity contribution is 5.89. The van der Waals surface area contributed by atoms with E-state index in [0.29, 0.717) is 11.8 Å². The average Bonchev–Trinajstić information content (AvgIpc) is 2.67. The summed E-state index contributed by atoms with van der Waals surface area (Å²) in [5, 5.41) is 14.6. The molecule has 0 amide bonds. The van der Waals surface area contributed by atoms with Crippen LogP contribution in [0, 0.1) is 0 Å². The Kier molecular flexibility index (Phi) is 3.00. The van der Waals surface area contributed by atoms with E-state index in [1.54, 1.807) is 6.07 Å². The lowest BCUT2D eigenvalue weighted by molar-refractivity contribution is 0.338. The molecule has 1 saturated carbocycles. The molecule has 0 saturated heterocycles. The molecule has 0 unspecified atom stereocenters. The molecule has 0 bridgehead atoms. The molecule has 1 aromatic carbocycles. The molecule has 2 aromatic rings. The zero-order valence-corrected chi connectivity index (χ0v) is 10.8. The fourth-order valence-electron chi connectivity index (χ4n) is 2.68. The van der Waals surface area contributed by atoms with Crippen LogP contribution in [0.2, 0.25) is 0 Å². The van der Waals surface area contributed by atoms with Gasteiger partial charge in [-0.15, -0.1) is 0 Å². The van der Waals surface area contributed by atoms with Crippen LogP contribution in [-0.4, -0.2) is 15.7 Å². The molecule has 1 fully saturated rings. The predicted octanol–water partition coefficient (Wildman–Crippen LogP) is 3.01. The first-order valence-electron chi connectivity index (χ1n) is 6.82. The second-order valence-electron chi connectivity index (χ2n) is 5.12. The van der Waals surface area contributed by atoms with Gasteiger partial charge >= 0.3 is 0 Å². The molecular formula is C15H20N2O. The van der Waals surface area contributed by atoms with Gasteiger partial charge in [0.1, 0.15) is 5.75 Å². The van der Waals surface area contributed by atoms with Crippen molar-refractivity contribution in [2.45, 2.75) is 45.3 Å². The number of aromatic nitrogens is 1. The van der Waals surface area contributed by atoms with Crippen molar-refractivity contribution in [2.75, 3.05) is 0 Å². The molecule has 3 nitrogen and oxygen atoms in total. The SMILES string of the molecule is CCn1cc(CNC2CCC2)c2c(O)cccc21. The molecule has 18 heavy (non-hydrogen) atoms. The third-order valence-electron chi connectivity index (χ3n) is 3.99. The molecule has 3 rings (SSSR count). The topological polar surface area (TPSA) is 37.2 Å². The molecular weight excluding hydrogens is 224 g/mol. The number of aromatic hydroxyl groups is 1. The Morgan fingerprint density at radius 3 is 2.89 bits per heavy atom. The summed E-state index contributed by atoms with van der Waals surface area (Å²) in [5.41, 5.74) is 2.33. The van der Waals surface area contributed by atoms with E-state index in [9.17, 15) is 5.11 Å². The highest BCUT2D eigenvalue weighted by Gasteiger charge is 2.18. The van der Waals surface area contributed by atoms with E-state index >= 15 is 0 Å². The first kappa shape index (κ1) is 11.6. The quantitative estimate of drug-likeness (QED) is 0.867. The highest BCUT2D eigenvalue weighted by atomic mass is 16.3. The Hall–Kier alpha value is -1.48. The fraction of sp³-hybridized carbons (Fsp3) is 0.467. The lowest BCUT2D eigenvalue weighted by atomic mass is 9.93. The van der Waals surface area contributed by atoms with E-state index in [1.165, 1.54) is 24.8 Å². The van der Waals surface area contributed by atoms with Gasteiger partial charge in [-0.3, -0.25) is 0 Å². The molecule has 3 heteroatoms. The number of hydrogen-bond donors (Lipinski definition) is 2. The first-order valence-corrected chi connectivity index (χ1v) is 6.82. The molecule has 2 N–H and O–H groups in total. The van der Waals surface area contributed by atoms with Crippen LogP contribution in [0.3, 0.4) is 0 Å². The Balaban J connectivity index is 1.94. The Morgan fingerprint density at radius 1 is 1.39 bits per heavy atom. The van der Waals surface area contributed by atoms with Crippen molar-refractivity contribution in [3.05, 3.63) is 30.0 Å². The van der Waals surface area contributed by atoms with Crippen LogP contribution in [0.15, 0.2) is 24.4 Å². The maximum absolute atomic E-state index is 10.1. The predicted molar refractivity (Wildman–Crippen MR) is 73.8 cm³/mol. The van der Waals surface area contributed by atoms with Crippen molar-refractivity contribution < 1.29 is 5.11 Å². The second-order valence-corrected chi connectivity index (χ2v) is 5.12. The van der Waals surface area contributed by atoms with Gasteiger partial charge in [0.05, 0.1) is 5.52 Å². The fourth-order valence-corrected chi connectivity index (χ4v) is 2.68. The van der Waals surface area contributed by atoms with E-state index in [-0.39, 0.29) is 0 Å². The van der Waals surface area contributed by atoms with E-state index < -0.39 is 0 Å². The van der Waals surface area contributed by atoms with Crippen molar-refractivity contribution in [3.8, 4) is 5.75 Å². The van der Waals surface area contributed by atoms with Crippen molar-refractivity contribution in [1.29, 1.82) is 0 Å². The van der Waals surface area contributed by atoms with Crippen LogP contribution < -0.4 is 5.32 Å². The third kappa shape index (κ3) is 1.89. The Morgan fingerprint density at radius 2 is 2.22 bits per heavy atom. The minimum absolute atomic E-state index is 0.394. The van der Waals surface area contributed by atoms with Gasteiger partial charge in [-0.05, 0) is 37.5 Å². The maximum atomic E-state index is 10.1. The van der Waals surface area contributed by atoms with Crippen LogP contribution in [0.25, 0.3) is 10.9 Å². The van der Waals surface area contributed by atoms with Crippen LogP contribution in [-0.2, 0) is 13.1 Å². The Labute approximate surface area is 107 Å². The normalized spacial score (nSPS) is 16.1. The van der Waals surface area contributed by atoms with Crippen LogP contribution in [0.5, 0.6) is 5.75 Å². The number of phenols is 1. The summed E-state index contributed by atoms with van der Waals surface area (Å²) in [6.45, 7) is 3.92. The summed E-state index contributed by atoms with van der Waals surface area (Å²) in [7, 11) is 0. The van der Waals surface area contributed by atoms with Crippen LogP contribution >= 0.6 is 0 Å². The molecule has 1 heterocycles. The van der Waals surface area contributed by atoms with Crippen LogP contribution in [0.4, 0.5) is 0 Å². The molecule has 1 aromatic heterocycles. The van der Waals surface area contributed by atoms with E-state index in [2.05, 4.69) is 29.1 Å². The molecule has 0 aliphatic heterocycles. The summed E-state index contributed by atoms with van der Waals surface area (Å²) >= 11 is 0. The lowest BCUT2D eigenvalue weighted by Crippen LogP contribution is -2.34. The summed E-state index contributed by atoms with van der Waals surface area (Å²) in [5.74, 6) is 0.394. The number of phenolic OH excluding ortho intramolecular Hbond substituents is 1. The average molecular weight is 244 g/mol. The van der Waals surface area contributed by atoms with Gasteiger partial charge in [0, 0.05) is 30.7 Å². The summed E-state index contributed by atoms with van der Waals surface area (Å²) in [6, 6.07) is 6.43. The number of fused-ring (bicyclic) bond motifs is 1. The minimum atomic E-state index is 0.394. The Bertz CT molecular complexity index is 555. The largest absolute Gasteiger partial charge is 0.507 e. The lowest BCUT2D eigenvalue weighted by Gasteiger charge is -2.26. The smallest absolute Gasteiger partial charge is 0.125 e. The van der Waals surface area contributed by atoms with E-state index in [0.717, 1.165) is 24.0 Å². The number of hydrogen-bond acceptors (Lipinski definition) is 2. The van der Waals surface area contributed by atoms with Gasteiger partial charge < -0.3 is 15.0 Å².